The second-order valence-corrected chi connectivity index (χ2v) is 8.47. The molecule has 154 valence electrons. The summed E-state index contributed by atoms with van der Waals surface area (Å²) >= 11 is 3.53. The number of carbonyl (C=O) groups excluding carboxylic acids is 1. The number of rotatable bonds is 6. The number of fused-ring (bicyclic) bond motifs is 3. The van der Waals surface area contributed by atoms with Crippen LogP contribution in [0.3, 0.4) is 0 Å². The quantitative estimate of drug-likeness (QED) is 0.425. The molecule has 2 heterocycles. The van der Waals surface area contributed by atoms with Crippen LogP contribution < -0.4 is 0 Å². The first-order chi connectivity index (χ1) is 14.6. The van der Waals surface area contributed by atoms with Gasteiger partial charge in [-0.2, -0.15) is 5.06 Å². The highest BCUT2D eigenvalue weighted by Crippen LogP contribution is 2.41. The Hall–Kier alpha value is -2.55. The largest absolute Gasteiger partial charge is 0.300 e. The van der Waals surface area contributed by atoms with Gasteiger partial charge in [-0.1, -0.05) is 65.5 Å². The van der Waals surface area contributed by atoms with E-state index >= 15 is 0 Å². The molecule has 4 nitrogen and oxygen atoms in total. The van der Waals surface area contributed by atoms with Gasteiger partial charge in [-0.3, -0.25) is 14.2 Å². The highest BCUT2D eigenvalue weighted by molar-refractivity contribution is 9.10. The van der Waals surface area contributed by atoms with E-state index in [1.54, 1.807) is 7.11 Å². The number of hydrogen-bond acceptors (Lipinski definition) is 2. The molecule has 1 aliphatic rings. The second-order valence-electron chi connectivity index (χ2n) is 7.56. The zero-order valence-electron chi connectivity index (χ0n) is 17.3. The summed E-state index contributed by atoms with van der Waals surface area (Å²) in [5, 5.41) is 2.49. The van der Waals surface area contributed by atoms with Gasteiger partial charge < -0.3 is 0 Å². The molecule has 2 aromatic carbocycles. The molecular weight excluding hydrogens is 440 g/mol. The van der Waals surface area contributed by atoms with Gasteiger partial charge in [0.2, 0.25) is 5.66 Å². The first kappa shape index (κ1) is 20.7. The summed E-state index contributed by atoms with van der Waals surface area (Å²) in [7, 11) is 1.55. The molecule has 0 spiro atoms. The molecule has 30 heavy (non-hydrogen) atoms. The van der Waals surface area contributed by atoms with Crippen molar-refractivity contribution in [3.63, 3.8) is 0 Å². The number of nitrogens with zero attached hydrogens (tertiary/aromatic N) is 2. The van der Waals surface area contributed by atoms with Gasteiger partial charge in [-0.15, -0.1) is 0 Å². The Labute approximate surface area is 185 Å². The van der Waals surface area contributed by atoms with Gasteiger partial charge in [0.15, 0.2) is 0 Å². The summed E-state index contributed by atoms with van der Waals surface area (Å²) in [5.74, 6) is 6.68. The molecule has 0 bridgehead atoms. The van der Waals surface area contributed by atoms with E-state index in [4.69, 9.17) is 4.84 Å². The molecule has 0 N–H and O–H groups in total. The summed E-state index contributed by atoms with van der Waals surface area (Å²) in [6.45, 7) is 2.15. The number of amides is 1. The molecule has 1 atom stereocenters. The molecule has 0 saturated carbocycles. The van der Waals surface area contributed by atoms with Crippen LogP contribution in [0.2, 0.25) is 0 Å². The number of halogens is 1. The Balaban J connectivity index is 1.78. The topological polar surface area (TPSA) is 34.5 Å². The molecule has 1 amide bonds. The van der Waals surface area contributed by atoms with E-state index in [2.05, 4.69) is 51.4 Å². The lowest BCUT2D eigenvalue weighted by molar-refractivity contribution is -0.160. The summed E-state index contributed by atoms with van der Waals surface area (Å²) in [4.78, 5) is 18.8. The van der Waals surface area contributed by atoms with Crippen molar-refractivity contribution in [2.45, 2.75) is 44.7 Å². The third kappa shape index (κ3) is 3.55. The summed E-state index contributed by atoms with van der Waals surface area (Å²) in [6.07, 6.45) is 4.28. The van der Waals surface area contributed by atoms with E-state index in [0.717, 1.165) is 41.1 Å². The lowest BCUT2D eigenvalue weighted by atomic mass is 10.0. The number of benzene rings is 2. The van der Waals surface area contributed by atoms with Crippen LogP contribution >= 0.6 is 15.9 Å². The fraction of sp³-hybridized carbons (Fsp3) is 0.320. The van der Waals surface area contributed by atoms with Crippen molar-refractivity contribution in [1.82, 2.24) is 9.63 Å². The van der Waals surface area contributed by atoms with Gasteiger partial charge in [-0.05, 0) is 48.6 Å². The Morgan fingerprint density at radius 2 is 1.93 bits per heavy atom. The van der Waals surface area contributed by atoms with Gasteiger partial charge in [0.05, 0.1) is 12.6 Å². The number of hydroxylamine groups is 2. The standard InChI is InChI=1S/C25H25BrN2O2/c1-3-4-15-25(16-9-8-12-19-10-6-5-7-11-19)27-22-14-13-21(26)17-20(22)18-23(27)24(29)28(25)30-2/h5-7,10-11,13-14,17-18H,3-4,8,12,15H2,1-2H3. The van der Waals surface area contributed by atoms with Crippen molar-refractivity contribution >= 4 is 32.7 Å². The predicted octanol–water partition coefficient (Wildman–Crippen LogP) is 5.90. The van der Waals surface area contributed by atoms with Crippen molar-refractivity contribution in [2.24, 2.45) is 0 Å². The molecule has 0 fully saturated rings. The van der Waals surface area contributed by atoms with E-state index < -0.39 is 5.66 Å². The van der Waals surface area contributed by atoms with E-state index in [9.17, 15) is 4.79 Å². The first-order valence-corrected chi connectivity index (χ1v) is 11.1. The van der Waals surface area contributed by atoms with E-state index in [0.29, 0.717) is 12.1 Å². The minimum atomic E-state index is -0.830. The van der Waals surface area contributed by atoms with Crippen molar-refractivity contribution < 1.29 is 9.63 Å². The highest BCUT2D eigenvalue weighted by atomic mass is 79.9. The fourth-order valence-corrected chi connectivity index (χ4v) is 4.58. The monoisotopic (exact) mass is 464 g/mol. The van der Waals surface area contributed by atoms with Gasteiger partial charge >= 0.3 is 0 Å². The average Bonchev–Trinajstić information content (AvgIpc) is 3.24. The minimum absolute atomic E-state index is 0.140. The maximum absolute atomic E-state index is 13.2. The van der Waals surface area contributed by atoms with Crippen LogP contribution in [0.25, 0.3) is 10.9 Å². The van der Waals surface area contributed by atoms with Crippen LogP contribution in [0.1, 0.15) is 48.7 Å². The molecule has 1 unspecified atom stereocenters. The van der Waals surface area contributed by atoms with Crippen LogP contribution in [0, 0.1) is 11.8 Å². The number of carbonyl (C=O) groups is 1. The number of aromatic nitrogens is 1. The van der Waals surface area contributed by atoms with Crippen molar-refractivity contribution in [2.75, 3.05) is 7.11 Å². The van der Waals surface area contributed by atoms with Crippen molar-refractivity contribution in [3.05, 3.63) is 70.3 Å². The van der Waals surface area contributed by atoms with Gasteiger partial charge in [0, 0.05) is 22.7 Å². The van der Waals surface area contributed by atoms with Crippen LogP contribution in [-0.4, -0.2) is 22.6 Å². The smallest absolute Gasteiger partial charge is 0.297 e. The van der Waals surface area contributed by atoms with Gasteiger partial charge in [0.1, 0.15) is 5.69 Å². The molecule has 1 aliphatic heterocycles. The lowest BCUT2D eigenvalue weighted by Crippen LogP contribution is -2.45. The molecule has 0 saturated heterocycles. The molecule has 1 aromatic heterocycles. The van der Waals surface area contributed by atoms with Gasteiger partial charge in [-0.25, -0.2) is 0 Å². The number of unbranched alkanes of at least 4 members (excludes halogenated alkanes) is 1. The zero-order valence-corrected chi connectivity index (χ0v) is 18.9. The number of hydrogen-bond donors (Lipinski definition) is 0. The third-order valence-corrected chi connectivity index (χ3v) is 6.10. The maximum Gasteiger partial charge on any atom is 0.297 e. The van der Waals surface area contributed by atoms with Crippen molar-refractivity contribution in [1.29, 1.82) is 0 Å². The van der Waals surface area contributed by atoms with Crippen molar-refractivity contribution in [3.8, 4) is 11.8 Å². The average molecular weight is 465 g/mol. The summed E-state index contributed by atoms with van der Waals surface area (Å²) in [5.41, 5.74) is 2.05. The van der Waals surface area contributed by atoms with Crippen LogP contribution in [0.5, 0.6) is 0 Å². The Bertz CT molecular complexity index is 1130. The van der Waals surface area contributed by atoms with Crippen LogP contribution in [-0.2, 0) is 16.9 Å². The molecule has 0 radical (unpaired) electrons. The third-order valence-electron chi connectivity index (χ3n) is 5.60. The van der Waals surface area contributed by atoms with Crippen LogP contribution in [0.4, 0.5) is 0 Å². The Kier molecular flexibility index (Phi) is 5.99. The molecule has 3 aromatic rings. The summed E-state index contributed by atoms with van der Waals surface area (Å²) < 4.78 is 3.06. The maximum atomic E-state index is 13.2. The number of aryl methyl sites for hydroxylation is 1. The normalized spacial score (nSPS) is 17.8. The molecule has 0 aliphatic carbocycles. The minimum Gasteiger partial charge on any atom is -0.300 e. The molecule has 4 rings (SSSR count). The SMILES string of the molecule is CCCCC1(C#CCCc2ccccc2)N(OC)C(=O)c2cc3cc(Br)ccc3n21. The Morgan fingerprint density at radius 1 is 1.13 bits per heavy atom. The predicted molar refractivity (Wildman–Crippen MR) is 123 cm³/mol. The molecule has 5 heteroatoms. The van der Waals surface area contributed by atoms with Gasteiger partial charge in [0.25, 0.3) is 5.91 Å². The second kappa shape index (κ2) is 8.67. The molecular formula is C25H25BrN2O2. The van der Waals surface area contributed by atoms with E-state index in [1.807, 2.05) is 42.5 Å². The Morgan fingerprint density at radius 3 is 2.67 bits per heavy atom. The fourth-order valence-electron chi connectivity index (χ4n) is 4.20. The lowest BCUT2D eigenvalue weighted by Gasteiger charge is -2.34. The summed E-state index contributed by atoms with van der Waals surface area (Å²) in [6, 6.07) is 18.4. The highest BCUT2D eigenvalue weighted by Gasteiger charge is 2.50. The van der Waals surface area contributed by atoms with E-state index in [-0.39, 0.29) is 5.91 Å². The van der Waals surface area contributed by atoms with E-state index in [1.165, 1.54) is 10.6 Å². The zero-order chi connectivity index (χ0) is 21.1. The van der Waals surface area contributed by atoms with Crippen LogP contribution in [0.15, 0.2) is 59.1 Å². The first-order valence-electron chi connectivity index (χ1n) is 10.3.